The summed E-state index contributed by atoms with van der Waals surface area (Å²) < 4.78 is 0. The van der Waals surface area contributed by atoms with E-state index in [-0.39, 0.29) is 5.75 Å². The zero-order valence-corrected chi connectivity index (χ0v) is 11.8. The molecule has 0 spiro atoms. The van der Waals surface area contributed by atoms with Crippen LogP contribution in [0.4, 0.5) is 0 Å². The molecule has 5 nitrogen and oxygen atoms in total. The number of phenols is 1. The van der Waals surface area contributed by atoms with Crippen molar-refractivity contribution in [1.82, 2.24) is 9.88 Å². The number of phenolic OH excluding ortho intramolecular Hbond substituents is 1. The molecule has 1 unspecified atom stereocenters. The molecule has 0 bridgehead atoms. The Morgan fingerprint density at radius 3 is 2.62 bits per heavy atom. The van der Waals surface area contributed by atoms with Crippen LogP contribution in [0.5, 0.6) is 5.75 Å². The number of nitrogens with zero attached hydrogens (tertiary/aromatic N) is 2. The third-order valence-electron chi connectivity index (χ3n) is 3.36. The maximum absolute atomic E-state index is 11.5. The van der Waals surface area contributed by atoms with Crippen LogP contribution in [-0.2, 0) is 11.2 Å². The summed E-state index contributed by atoms with van der Waals surface area (Å²) in [7, 11) is 1.77. The lowest BCUT2D eigenvalue weighted by Gasteiger charge is -2.25. The number of likely N-dealkylation sites (N-methyl/N-ethyl adjacent to an activating group) is 1. The molecule has 21 heavy (non-hydrogen) atoms. The highest BCUT2D eigenvalue weighted by molar-refractivity contribution is 5.75. The Kier molecular flexibility index (Phi) is 4.90. The van der Waals surface area contributed by atoms with E-state index in [1.165, 1.54) is 12.1 Å². The number of carbonyl (C=O) groups is 1. The average Bonchev–Trinajstić information content (AvgIpc) is 2.46. The van der Waals surface area contributed by atoms with Crippen LogP contribution in [0.3, 0.4) is 0 Å². The molecule has 2 rings (SSSR count). The molecule has 0 saturated heterocycles. The van der Waals surface area contributed by atoms with Crippen LogP contribution in [0.25, 0.3) is 0 Å². The molecule has 1 aromatic heterocycles. The molecule has 0 radical (unpaired) electrons. The summed E-state index contributed by atoms with van der Waals surface area (Å²) in [6.45, 7) is 0.594. The van der Waals surface area contributed by atoms with Crippen LogP contribution >= 0.6 is 0 Å². The van der Waals surface area contributed by atoms with Crippen molar-refractivity contribution in [1.29, 1.82) is 0 Å². The molecular weight excluding hydrogens is 268 g/mol. The van der Waals surface area contributed by atoms with Crippen molar-refractivity contribution in [2.24, 2.45) is 0 Å². The first kappa shape index (κ1) is 15.0. The maximum atomic E-state index is 11.5. The van der Waals surface area contributed by atoms with Gasteiger partial charge < -0.3 is 10.2 Å². The number of carboxylic acids is 1. The lowest BCUT2D eigenvalue weighted by molar-refractivity contribution is -0.143. The Morgan fingerprint density at radius 1 is 1.29 bits per heavy atom. The Hall–Kier alpha value is -2.40. The second-order valence-corrected chi connectivity index (χ2v) is 4.92. The van der Waals surface area contributed by atoms with Gasteiger partial charge in [0.2, 0.25) is 0 Å². The monoisotopic (exact) mass is 286 g/mol. The van der Waals surface area contributed by atoms with Crippen LogP contribution in [0.15, 0.2) is 48.8 Å². The number of aliphatic carboxylic acids is 1. The van der Waals surface area contributed by atoms with Crippen molar-refractivity contribution in [3.05, 3.63) is 59.9 Å². The summed E-state index contributed by atoms with van der Waals surface area (Å²) in [5, 5.41) is 19.0. The Balaban J connectivity index is 2.09. The molecule has 2 N–H and O–H groups in total. The quantitative estimate of drug-likeness (QED) is 0.850. The zero-order chi connectivity index (χ0) is 15.2. The molecule has 110 valence electrons. The molecule has 0 aliphatic heterocycles. The fourth-order valence-electron chi connectivity index (χ4n) is 2.26. The molecule has 0 amide bonds. The Labute approximate surface area is 123 Å². The number of carboxylic acid groups (broad SMARTS) is 1. The zero-order valence-electron chi connectivity index (χ0n) is 11.8. The molecule has 0 aliphatic rings. The smallest absolute Gasteiger partial charge is 0.325 e. The van der Waals surface area contributed by atoms with E-state index in [2.05, 4.69) is 4.98 Å². The Bertz CT molecular complexity index is 601. The van der Waals surface area contributed by atoms with Gasteiger partial charge in [0.25, 0.3) is 0 Å². The van der Waals surface area contributed by atoms with E-state index in [1.54, 1.807) is 36.5 Å². The maximum Gasteiger partial charge on any atom is 0.325 e. The molecule has 1 heterocycles. The summed E-state index contributed by atoms with van der Waals surface area (Å²) >= 11 is 0. The molecule has 1 aromatic carbocycles. The lowest BCUT2D eigenvalue weighted by atomic mass is 10.0. The summed E-state index contributed by atoms with van der Waals surface area (Å²) in [5.41, 5.74) is 1.68. The van der Waals surface area contributed by atoms with Crippen LogP contribution in [0, 0.1) is 0 Å². The van der Waals surface area contributed by atoms with Gasteiger partial charge in [-0.25, -0.2) is 0 Å². The number of aromatic nitrogens is 1. The third kappa shape index (κ3) is 4.03. The first-order valence-corrected chi connectivity index (χ1v) is 6.69. The van der Waals surface area contributed by atoms with Gasteiger partial charge in [0.05, 0.1) is 0 Å². The fraction of sp³-hybridized carbons (Fsp3) is 0.250. The van der Waals surface area contributed by atoms with Gasteiger partial charge in [0.15, 0.2) is 0 Å². The fourth-order valence-corrected chi connectivity index (χ4v) is 2.26. The normalized spacial score (nSPS) is 12.3. The van der Waals surface area contributed by atoms with Gasteiger partial charge in [-0.15, -0.1) is 0 Å². The molecule has 0 aliphatic carbocycles. The number of hydrogen-bond donors (Lipinski definition) is 2. The average molecular weight is 286 g/mol. The van der Waals surface area contributed by atoms with E-state index in [4.69, 9.17) is 0 Å². The van der Waals surface area contributed by atoms with Gasteiger partial charge >= 0.3 is 5.97 Å². The molecular formula is C16H18N2O3. The number of hydrogen-bond acceptors (Lipinski definition) is 4. The topological polar surface area (TPSA) is 73.7 Å². The summed E-state index contributed by atoms with van der Waals surface area (Å²) in [6, 6.07) is 9.43. The van der Waals surface area contributed by atoms with Crippen molar-refractivity contribution < 1.29 is 15.0 Å². The van der Waals surface area contributed by atoms with E-state index in [0.29, 0.717) is 12.1 Å². The van der Waals surface area contributed by atoms with Crippen molar-refractivity contribution >= 4 is 5.97 Å². The molecule has 1 atom stereocenters. The lowest BCUT2D eigenvalue weighted by Crippen LogP contribution is -2.32. The highest BCUT2D eigenvalue weighted by Gasteiger charge is 2.24. The molecule has 0 saturated carbocycles. The van der Waals surface area contributed by atoms with Gasteiger partial charge in [-0.05, 0) is 48.9 Å². The standard InChI is InChI=1S/C16H18N2O3/c1-18(10-7-12-5-8-17-9-6-12)15(16(20)21)13-3-2-4-14(19)11-13/h2-6,8-9,11,15,19H,7,10H2,1H3,(H,20,21). The van der Waals surface area contributed by atoms with Gasteiger partial charge in [0, 0.05) is 18.9 Å². The van der Waals surface area contributed by atoms with Crippen LogP contribution in [-0.4, -0.2) is 39.7 Å². The minimum absolute atomic E-state index is 0.0706. The first-order valence-electron chi connectivity index (χ1n) is 6.69. The first-order chi connectivity index (χ1) is 10.1. The molecule has 5 heteroatoms. The molecule has 0 fully saturated rings. The summed E-state index contributed by atoms with van der Waals surface area (Å²) in [6.07, 6.45) is 4.18. The van der Waals surface area contributed by atoms with Crippen molar-refractivity contribution in [3.63, 3.8) is 0 Å². The highest BCUT2D eigenvalue weighted by Crippen LogP contribution is 2.23. The number of pyridine rings is 1. The van der Waals surface area contributed by atoms with Gasteiger partial charge in [-0.1, -0.05) is 12.1 Å². The Morgan fingerprint density at radius 2 is 2.00 bits per heavy atom. The van der Waals surface area contributed by atoms with Crippen LogP contribution in [0.1, 0.15) is 17.2 Å². The SMILES string of the molecule is CN(CCc1ccncc1)C(C(=O)O)c1cccc(O)c1. The van der Waals surface area contributed by atoms with Gasteiger partial charge in [-0.2, -0.15) is 0 Å². The van der Waals surface area contributed by atoms with Gasteiger partial charge in [-0.3, -0.25) is 14.7 Å². The predicted octanol–water partition coefficient (Wildman–Crippen LogP) is 2.09. The predicted molar refractivity (Wildman–Crippen MR) is 79.1 cm³/mol. The van der Waals surface area contributed by atoms with Crippen molar-refractivity contribution in [2.45, 2.75) is 12.5 Å². The van der Waals surface area contributed by atoms with E-state index >= 15 is 0 Å². The summed E-state index contributed by atoms with van der Waals surface area (Å²) in [5.74, 6) is -0.862. The number of aromatic hydroxyl groups is 1. The second kappa shape index (κ2) is 6.85. The van der Waals surface area contributed by atoms with Crippen LogP contribution in [0.2, 0.25) is 0 Å². The minimum Gasteiger partial charge on any atom is -0.508 e. The van der Waals surface area contributed by atoms with E-state index in [9.17, 15) is 15.0 Å². The van der Waals surface area contributed by atoms with E-state index < -0.39 is 12.0 Å². The van der Waals surface area contributed by atoms with E-state index in [1.807, 2.05) is 12.1 Å². The molecule has 2 aromatic rings. The summed E-state index contributed by atoms with van der Waals surface area (Å²) in [4.78, 5) is 17.2. The largest absolute Gasteiger partial charge is 0.508 e. The number of benzene rings is 1. The van der Waals surface area contributed by atoms with Crippen LogP contribution < -0.4 is 0 Å². The second-order valence-electron chi connectivity index (χ2n) is 4.92. The van der Waals surface area contributed by atoms with Crippen molar-refractivity contribution in [2.75, 3.05) is 13.6 Å². The van der Waals surface area contributed by atoms with E-state index in [0.717, 1.165) is 12.0 Å². The van der Waals surface area contributed by atoms with Crippen molar-refractivity contribution in [3.8, 4) is 5.75 Å². The minimum atomic E-state index is -0.933. The van der Waals surface area contributed by atoms with Gasteiger partial charge in [0.1, 0.15) is 11.8 Å². The number of rotatable bonds is 6. The highest BCUT2D eigenvalue weighted by atomic mass is 16.4. The third-order valence-corrected chi connectivity index (χ3v) is 3.36.